The molecule has 1 aromatic carbocycles. The molecule has 1 unspecified atom stereocenters. The Hall–Kier alpha value is -1.02. The predicted molar refractivity (Wildman–Crippen MR) is 54.7 cm³/mol. The molecule has 0 saturated heterocycles. The van der Waals surface area contributed by atoms with Crippen LogP contribution in [0.15, 0.2) is 18.2 Å². The van der Waals surface area contributed by atoms with E-state index in [1.807, 2.05) is 32.9 Å². The van der Waals surface area contributed by atoms with Crippen LogP contribution in [0.5, 0.6) is 5.75 Å². The van der Waals surface area contributed by atoms with Gasteiger partial charge in [0.25, 0.3) is 0 Å². The Morgan fingerprint density at radius 2 is 2.08 bits per heavy atom. The lowest BCUT2D eigenvalue weighted by Crippen LogP contribution is -2.31. The fraction of sp³-hybridized carbons (Fsp3) is 0.455. The van der Waals surface area contributed by atoms with E-state index in [0.717, 1.165) is 17.5 Å². The molecular formula is C11H17NO. The van der Waals surface area contributed by atoms with Gasteiger partial charge in [-0.25, -0.2) is 0 Å². The standard InChI is InChI=1S/C11H17NO/c1-4-11(3,12)9-6-5-8(2)7-10(9)13/h5-7,13H,4,12H2,1-3H3. The summed E-state index contributed by atoms with van der Waals surface area (Å²) in [5, 5.41) is 9.68. The van der Waals surface area contributed by atoms with Gasteiger partial charge >= 0.3 is 0 Å². The fourth-order valence-corrected chi connectivity index (χ4v) is 1.32. The normalized spacial score (nSPS) is 15.4. The second-order valence-electron chi connectivity index (χ2n) is 3.79. The van der Waals surface area contributed by atoms with Gasteiger partial charge in [0.05, 0.1) is 0 Å². The molecule has 0 amide bonds. The number of hydrogen-bond donors (Lipinski definition) is 2. The van der Waals surface area contributed by atoms with Crippen molar-refractivity contribution in [1.29, 1.82) is 0 Å². The van der Waals surface area contributed by atoms with Crippen molar-refractivity contribution in [3.8, 4) is 5.75 Å². The number of nitrogens with two attached hydrogens (primary N) is 1. The molecule has 72 valence electrons. The summed E-state index contributed by atoms with van der Waals surface area (Å²) in [6.45, 7) is 5.89. The zero-order valence-corrected chi connectivity index (χ0v) is 8.46. The summed E-state index contributed by atoms with van der Waals surface area (Å²) in [4.78, 5) is 0. The van der Waals surface area contributed by atoms with Crippen molar-refractivity contribution in [2.75, 3.05) is 0 Å². The summed E-state index contributed by atoms with van der Waals surface area (Å²) in [6, 6.07) is 5.61. The average Bonchev–Trinajstić information content (AvgIpc) is 2.03. The lowest BCUT2D eigenvalue weighted by molar-refractivity contribution is 0.416. The summed E-state index contributed by atoms with van der Waals surface area (Å²) >= 11 is 0. The summed E-state index contributed by atoms with van der Waals surface area (Å²) in [6.07, 6.45) is 0.809. The van der Waals surface area contributed by atoms with Crippen molar-refractivity contribution >= 4 is 0 Å². The van der Waals surface area contributed by atoms with Crippen molar-refractivity contribution in [3.05, 3.63) is 29.3 Å². The highest BCUT2D eigenvalue weighted by atomic mass is 16.3. The van der Waals surface area contributed by atoms with Crippen LogP contribution in [0.3, 0.4) is 0 Å². The van der Waals surface area contributed by atoms with E-state index in [0.29, 0.717) is 5.75 Å². The Bertz CT molecular complexity index is 305. The maximum absolute atomic E-state index is 9.68. The van der Waals surface area contributed by atoms with Gasteiger partial charge in [-0.3, -0.25) is 0 Å². The smallest absolute Gasteiger partial charge is 0.120 e. The maximum atomic E-state index is 9.68. The first-order valence-corrected chi connectivity index (χ1v) is 4.56. The Morgan fingerprint density at radius 1 is 1.46 bits per heavy atom. The van der Waals surface area contributed by atoms with Gasteiger partial charge in [0.2, 0.25) is 0 Å². The van der Waals surface area contributed by atoms with Crippen LogP contribution in [0.4, 0.5) is 0 Å². The maximum Gasteiger partial charge on any atom is 0.120 e. The van der Waals surface area contributed by atoms with E-state index in [-0.39, 0.29) is 0 Å². The second-order valence-corrected chi connectivity index (χ2v) is 3.79. The van der Waals surface area contributed by atoms with Crippen LogP contribution in [0.25, 0.3) is 0 Å². The molecule has 3 N–H and O–H groups in total. The first-order valence-electron chi connectivity index (χ1n) is 4.56. The molecule has 2 heteroatoms. The zero-order chi connectivity index (χ0) is 10.1. The SMILES string of the molecule is CCC(C)(N)c1ccc(C)cc1O. The quantitative estimate of drug-likeness (QED) is 0.731. The van der Waals surface area contributed by atoms with Crippen molar-refractivity contribution in [2.24, 2.45) is 5.73 Å². The van der Waals surface area contributed by atoms with E-state index in [2.05, 4.69) is 0 Å². The number of rotatable bonds is 2. The largest absolute Gasteiger partial charge is 0.508 e. The molecule has 1 aromatic rings. The molecule has 0 aliphatic rings. The third-order valence-electron chi connectivity index (χ3n) is 2.50. The second kappa shape index (κ2) is 3.38. The number of benzene rings is 1. The summed E-state index contributed by atoms with van der Waals surface area (Å²) in [5.74, 6) is 0.298. The molecule has 0 aliphatic carbocycles. The van der Waals surface area contributed by atoms with Crippen LogP contribution in [-0.2, 0) is 5.54 Å². The summed E-state index contributed by atoms with van der Waals surface area (Å²) in [7, 11) is 0. The summed E-state index contributed by atoms with van der Waals surface area (Å²) < 4.78 is 0. The van der Waals surface area contributed by atoms with Crippen LogP contribution in [-0.4, -0.2) is 5.11 Å². The van der Waals surface area contributed by atoms with E-state index in [1.165, 1.54) is 0 Å². The molecule has 0 fully saturated rings. The first kappa shape index (κ1) is 10.1. The Balaban J connectivity index is 3.16. The third-order valence-corrected chi connectivity index (χ3v) is 2.50. The van der Waals surface area contributed by atoms with Gasteiger partial charge in [0.1, 0.15) is 5.75 Å². The Kier molecular flexibility index (Phi) is 2.62. The Labute approximate surface area is 79.4 Å². The molecule has 13 heavy (non-hydrogen) atoms. The topological polar surface area (TPSA) is 46.2 Å². The monoisotopic (exact) mass is 179 g/mol. The molecule has 0 radical (unpaired) electrons. The zero-order valence-electron chi connectivity index (χ0n) is 8.46. The van der Waals surface area contributed by atoms with E-state index in [9.17, 15) is 5.11 Å². The Morgan fingerprint density at radius 3 is 2.54 bits per heavy atom. The molecular weight excluding hydrogens is 162 g/mol. The molecule has 0 aliphatic heterocycles. The van der Waals surface area contributed by atoms with Crippen LogP contribution >= 0.6 is 0 Å². The number of aryl methyl sites for hydroxylation is 1. The van der Waals surface area contributed by atoms with Crippen molar-refractivity contribution in [2.45, 2.75) is 32.7 Å². The average molecular weight is 179 g/mol. The van der Waals surface area contributed by atoms with Gasteiger partial charge in [0.15, 0.2) is 0 Å². The first-order chi connectivity index (χ1) is 5.97. The summed E-state index contributed by atoms with van der Waals surface area (Å²) in [5.41, 5.74) is 7.46. The van der Waals surface area contributed by atoms with Crippen LogP contribution in [0.1, 0.15) is 31.4 Å². The van der Waals surface area contributed by atoms with E-state index >= 15 is 0 Å². The van der Waals surface area contributed by atoms with Crippen LogP contribution in [0, 0.1) is 6.92 Å². The lowest BCUT2D eigenvalue weighted by atomic mass is 9.89. The van der Waals surface area contributed by atoms with Crippen molar-refractivity contribution < 1.29 is 5.11 Å². The molecule has 0 aromatic heterocycles. The molecule has 0 saturated carbocycles. The van der Waals surface area contributed by atoms with Crippen LogP contribution in [0.2, 0.25) is 0 Å². The predicted octanol–water partition coefficient (Wildman–Crippen LogP) is 2.28. The van der Waals surface area contributed by atoms with Gasteiger partial charge < -0.3 is 10.8 Å². The van der Waals surface area contributed by atoms with Crippen molar-refractivity contribution in [3.63, 3.8) is 0 Å². The highest BCUT2D eigenvalue weighted by Crippen LogP contribution is 2.29. The van der Waals surface area contributed by atoms with Gasteiger partial charge in [-0.15, -0.1) is 0 Å². The minimum absolute atomic E-state index is 0.298. The van der Waals surface area contributed by atoms with Crippen molar-refractivity contribution in [1.82, 2.24) is 0 Å². The molecule has 1 atom stereocenters. The van der Waals surface area contributed by atoms with Gasteiger partial charge in [-0.05, 0) is 31.9 Å². The van der Waals surface area contributed by atoms with E-state index in [1.54, 1.807) is 6.07 Å². The third kappa shape index (κ3) is 2.01. The molecule has 0 heterocycles. The molecule has 1 rings (SSSR count). The molecule has 0 bridgehead atoms. The van der Waals surface area contributed by atoms with E-state index < -0.39 is 5.54 Å². The van der Waals surface area contributed by atoms with Crippen LogP contribution < -0.4 is 5.73 Å². The molecule has 0 spiro atoms. The highest BCUT2D eigenvalue weighted by molar-refractivity contribution is 5.40. The lowest BCUT2D eigenvalue weighted by Gasteiger charge is -2.24. The minimum atomic E-state index is -0.433. The fourth-order valence-electron chi connectivity index (χ4n) is 1.32. The number of aromatic hydroxyl groups is 1. The van der Waals surface area contributed by atoms with Gasteiger partial charge in [-0.1, -0.05) is 19.1 Å². The molecule has 2 nitrogen and oxygen atoms in total. The number of hydrogen-bond acceptors (Lipinski definition) is 2. The van der Waals surface area contributed by atoms with Gasteiger partial charge in [0, 0.05) is 11.1 Å². The minimum Gasteiger partial charge on any atom is -0.508 e. The number of phenols is 1. The number of phenolic OH excluding ortho intramolecular Hbond substituents is 1. The highest BCUT2D eigenvalue weighted by Gasteiger charge is 2.21. The van der Waals surface area contributed by atoms with Gasteiger partial charge in [-0.2, -0.15) is 0 Å². The van der Waals surface area contributed by atoms with E-state index in [4.69, 9.17) is 5.73 Å².